The number of rotatable bonds is 5. The Morgan fingerprint density at radius 3 is 1.96 bits per heavy atom. The maximum Gasteiger partial charge on any atom is 0.394 e. The number of primary amides is 1. The molecule has 1 aromatic carbocycles. The van der Waals surface area contributed by atoms with E-state index in [0.29, 0.717) is 12.2 Å². The van der Waals surface area contributed by atoms with Gasteiger partial charge >= 0.3 is 17.8 Å². The minimum Gasteiger partial charge on any atom is -0.481 e. The first kappa shape index (κ1) is 21.8. The van der Waals surface area contributed by atoms with Gasteiger partial charge in [0.25, 0.3) is 0 Å². The monoisotopic (exact) mass is 319 g/mol. The van der Waals surface area contributed by atoms with Crippen LogP contribution in [0.4, 0.5) is 0 Å². The van der Waals surface area contributed by atoms with E-state index in [9.17, 15) is 14.4 Å². The topological polar surface area (TPSA) is 127 Å². The Hall–Kier alpha value is -3.45. The van der Waals surface area contributed by atoms with E-state index in [1.807, 2.05) is 12.1 Å². The zero-order valence-corrected chi connectivity index (χ0v) is 12.3. The van der Waals surface area contributed by atoms with Crippen LogP contribution in [0.15, 0.2) is 24.3 Å². The number of nitrogens with two attached hydrogens (primary N) is 1. The molecule has 1 rings (SSSR count). The second kappa shape index (κ2) is 13.5. The van der Waals surface area contributed by atoms with Crippen molar-refractivity contribution in [3.05, 3.63) is 29.8 Å². The maximum atomic E-state index is 10.3. The number of carbonyl (C=O) groups is 3. The lowest BCUT2D eigenvalue weighted by Gasteiger charge is -2.03. The van der Waals surface area contributed by atoms with Crippen LogP contribution in [0.5, 0.6) is 5.75 Å². The summed E-state index contributed by atoms with van der Waals surface area (Å²) in [6.07, 6.45) is 13.7. The number of hydrogen-bond donors (Lipinski definition) is 3. The lowest BCUT2D eigenvalue weighted by molar-refractivity contribution is -0.148. The molecular formula is C16H17NO6. The molecule has 7 heteroatoms. The molecule has 7 nitrogen and oxygen atoms in total. The molecule has 23 heavy (non-hydrogen) atoms. The van der Waals surface area contributed by atoms with Gasteiger partial charge < -0.3 is 20.7 Å². The van der Waals surface area contributed by atoms with E-state index in [4.69, 9.17) is 21.4 Å². The first-order chi connectivity index (χ1) is 10.9. The van der Waals surface area contributed by atoms with Gasteiger partial charge in [-0.15, -0.1) is 19.3 Å². The highest BCUT2D eigenvalue weighted by Gasteiger charge is 2.00. The number of ether oxygens (including phenoxy) is 1. The fraction of sp³-hybridized carbons (Fsp3) is 0.188. The maximum absolute atomic E-state index is 10.3. The van der Waals surface area contributed by atoms with Gasteiger partial charge in [-0.05, 0) is 24.1 Å². The van der Waals surface area contributed by atoms with Gasteiger partial charge in [0, 0.05) is 6.42 Å². The van der Waals surface area contributed by atoms with Gasteiger partial charge in [-0.2, -0.15) is 0 Å². The van der Waals surface area contributed by atoms with E-state index in [1.165, 1.54) is 0 Å². The van der Waals surface area contributed by atoms with Crippen LogP contribution in [0.2, 0.25) is 0 Å². The predicted molar refractivity (Wildman–Crippen MR) is 83.4 cm³/mol. The van der Waals surface area contributed by atoms with Crippen molar-refractivity contribution in [2.45, 2.75) is 12.8 Å². The molecule has 0 atom stereocenters. The van der Waals surface area contributed by atoms with Crippen LogP contribution in [-0.2, 0) is 20.8 Å². The summed E-state index contributed by atoms with van der Waals surface area (Å²) in [5, 5.41) is 16.0. The minimum atomic E-state index is -1.60. The van der Waals surface area contributed by atoms with E-state index in [0.717, 1.165) is 5.56 Å². The van der Waals surface area contributed by atoms with Gasteiger partial charge in [0.05, 0.1) is 0 Å². The third-order valence-electron chi connectivity index (χ3n) is 2.08. The standard InChI is InChI=1S/C12H12O3.C2H3NO3.C2H2/c1-2-9-15-11-6-3-10(4-7-11)5-8-12(13)14;3-1(4)2(5)6;1-2/h1,3-4,6-7H,5,8-9H2,(H,13,14);(H2,3,4)(H,5,6);1-2H. The molecule has 0 bridgehead atoms. The van der Waals surface area contributed by atoms with E-state index < -0.39 is 17.8 Å². The van der Waals surface area contributed by atoms with E-state index in [-0.39, 0.29) is 13.0 Å². The van der Waals surface area contributed by atoms with Crippen molar-refractivity contribution in [1.82, 2.24) is 0 Å². The summed E-state index contributed by atoms with van der Waals surface area (Å²) in [4.78, 5) is 28.9. The first-order valence-electron chi connectivity index (χ1n) is 6.10. The average molecular weight is 319 g/mol. The number of terminal acetylenes is 2. The van der Waals surface area contributed by atoms with Crippen LogP contribution < -0.4 is 10.5 Å². The number of aliphatic carboxylic acids is 2. The Kier molecular flexibility index (Phi) is 12.8. The van der Waals surface area contributed by atoms with Crippen LogP contribution in [0.25, 0.3) is 0 Å². The summed E-state index contributed by atoms with van der Waals surface area (Å²) in [6, 6.07) is 7.26. The van der Waals surface area contributed by atoms with Crippen molar-refractivity contribution in [2.75, 3.05) is 6.61 Å². The Morgan fingerprint density at radius 2 is 1.61 bits per heavy atom. The highest BCUT2D eigenvalue weighted by atomic mass is 16.5. The van der Waals surface area contributed by atoms with Crippen molar-refractivity contribution < 1.29 is 29.3 Å². The molecule has 0 spiro atoms. The molecule has 1 aromatic rings. The van der Waals surface area contributed by atoms with Crippen LogP contribution >= 0.6 is 0 Å². The Bertz CT molecular complexity index is 556. The molecule has 0 aliphatic rings. The van der Waals surface area contributed by atoms with Gasteiger partial charge in [0.15, 0.2) is 0 Å². The smallest absolute Gasteiger partial charge is 0.394 e. The molecule has 0 aliphatic heterocycles. The number of carbonyl (C=O) groups excluding carboxylic acids is 1. The molecule has 4 N–H and O–H groups in total. The van der Waals surface area contributed by atoms with Crippen molar-refractivity contribution in [3.8, 4) is 30.9 Å². The Balaban J connectivity index is 0. The largest absolute Gasteiger partial charge is 0.481 e. The second-order valence-electron chi connectivity index (χ2n) is 3.70. The van der Waals surface area contributed by atoms with Gasteiger partial charge in [-0.3, -0.25) is 9.59 Å². The Morgan fingerprint density at radius 1 is 1.13 bits per heavy atom. The number of hydrogen-bond acceptors (Lipinski definition) is 4. The van der Waals surface area contributed by atoms with Crippen molar-refractivity contribution in [1.29, 1.82) is 0 Å². The van der Waals surface area contributed by atoms with Gasteiger partial charge in [-0.1, -0.05) is 18.1 Å². The summed E-state index contributed by atoms with van der Waals surface area (Å²) in [7, 11) is 0. The highest BCUT2D eigenvalue weighted by Crippen LogP contribution is 2.13. The number of benzene rings is 1. The van der Waals surface area contributed by atoms with E-state index in [2.05, 4.69) is 24.5 Å². The fourth-order valence-electron chi connectivity index (χ4n) is 1.13. The number of aryl methyl sites for hydroxylation is 1. The van der Waals surface area contributed by atoms with Crippen molar-refractivity contribution >= 4 is 17.8 Å². The molecule has 1 amide bonds. The Labute approximate surface area is 134 Å². The first-order valence-corrected chi connectivity index (χ1v) is 6.10. The molecule has 0 unspecified atom stereocenters. The summed E-state index contributed by atoms with van der Waals surface area (Å²) in [5.74, 6) is -0.643. The molecule has 0 aromatic heterocycles. The normalized spacial score (nSPS) is 8.04. The van der Waals surface area contributed by atoms with Crippen LogP contribution in [0, 0.1) is 25.2 Å². The van der Waals surface area contributed by atoms with Crippen LogP contribution in [0.1, 0.15) is 12.0 Å². The second-order valence-corrected chi connectivity index (χ2v) is 3.70. The molecule has 122 valence electrons. The van der Waals surface area contributed by atoms with Crippen LogP contribution in [0.3, 0.4) is 0 Å². The molecule has 0 saturated heterocycles. The SMILES string of the molecule is C#C.C#CCOc1ccc(CCC(=O)O)cc1.NC(=O)C(=O)O. The molecule has 0 aliphatic carbocycles. The summed E-state index contributed by atoms with van der Waals surface area (Å²) >= 11 is 0. The summed E-state index contributed by atoms with van der Waals surface area (Å²) < 4.78 is 5.18. The number of amides is 1. The average Bonchev–Trinajstić information content (AvgIpc) is 2.54. The molecule has 0 heterocycles. The lowest BCUT2D eigenvalue weighted by Crippen LogP contribution is -2.21. The zero-order valence-electron chi connectivity index (χ0n) is 12.3. The van der Waals surface area contributed by atoms with Crippen LogP contribution in [-0.4, -0.2) is 34.7 Å². The quantitative estimate of drug-likeness (QED) is 0.536. The van der Waals surface area contributed by atoms with E-state index >= 15 is 0 Å². The van der Waals surface area contributed by atoms with Gasteiger partial charge in [-0.25, -0.2) is 4.79 Å². The molecule has 0 saturated carbocycles. The summed E-state index contributed by atoms with van der Waals surface area (Å²) in [6.45, 7) is 0.245. The highest BCUT2D eigenvalue weighted by molar-refractivity contribution is 6.30. The lowest BCUT2D eigenvalue weighted by atomic mass is 10.1. The van der Waals surface area contributed by atoms with Gasteiger partial charge in [0.2, 0.25) is 0 Å². The predicted octanol–water partition coefficient (Wildman–Crippen LogP) is 0.521. The fourth-order valence-corrected chi connectivity index (χ4v) is 1.13. The number of carboxylic acid groups (broad SMARTS) is 2. The molecular weight excluding hydrogens is 302 g/mol. The minimum absolute atomic E-state index is 0.143. The third kappa shape index (κ3) is 13.3. The summed E-state index contributed by atoms with van der Waals surface area (Å²) in [5.41, 5.74) is 5.17. The number of carboxylic acids is 2. The molecule has 0 fully saturated rings. The van der Waals surface area contributed by atoms with Gasteiger partial charge in [0.1, 0.15) is 12.4 Å². The zero-order chi connectivity index (χ0) is 18.3. The van der Waals surface area contributed by atoms with E-state index in [1.54, 1.807) is 12.1 Å². The third-order valence-corrected chi connectivity index (χ3v) is 2.08. The van der Waals surface area contributed by atoms with Crippen molar-refractivity contribution in [2.24, 2.45) is 5.73 Å². The van der Waals surface area contributed by atoms with Crippen molar-refractivity contribution in [3.63, 3.8) is 0 Å². The molecule has 0 radical (unpaired) electrons.